The zero-order chi connectivity index (χ0) is 19.5. The van der Waals surface area contributed by atoms with Crippen LogP contribution < -0.4 is 11.0 Å². The van der Waals surface area contributed by atoms with Crippen LogP contribution in [0.5, 0.6) is 5.75 Å². The van der Waals surface area contributed by atoms with Crippen molar-refractivity contribution in [2.24, 2.45) is 5.10 Å². The second-order valence-electron chi connectivity index (χ2n) is 5.00. The van der Waals surface area contributed by atoms with E-state index in [4.69, 9.17) is 0 Å². The first-order valence-electron chi connectivity index (χ1n) is 6.85. The maximum Gasteiger partial charge on any atom is 0.417 e. The van der Waals surface area contributed by atoms with Gasteiger partial charge in [-0.25, -0.2) is 5.43 Å². The Hall–Kier alpha value is -2.14. The summed E-state index contributed by atoms with van der Waals surface area (Å²) in [5.74, 6) is -0.920. The van der Waals surface area contributed by atoms with Crippen LogP contribution in [0.2, 0.25) is 0 Å². The number of hydrogen-bond acceptors (Lipinski definition) is 4. The number of halogens is 5. The molecule has 0 aliphatic rings. The molecule has 0 radical (unpaired) electrons. The average Bonchev–Trinajstić information content (AvgIpc) is 2.53. The fourth-order valence-electron chi connectivity index (χ4n) is 1.87. The maximum atomic E-state index is 12.7. The van der Waals surface area contributed by atoms with Crippen molar-refractivity contribution in [1.29, 1.82) is 0 Å². The molecule has 0 saturated heterocycles. The molecule has 1 amide bonds. The number of nitrogens with one attached hydrogen (secondary N) is 1. The van der Waals surface area contributed by atoms with Crippen molar-refractivity contribution in [3.05, 3.63) is 60.9 Å². The highest BCUT2D eigenvalue weighted by Gasteiger charge is 2.31. The molecular formula is C15H10Br2F3N3O3. The van der Waals surface area contributed by atoms with Crippen molar-refractivity contribution < 1.29 is 23.1 Å². The lowest BCUT2D eigenvalue weighted by atomic mass is 10.2. The van der Waals surface area contributed by atoms with E-state index in [2.05, 4.69) is 42.4 Å². The Morgan fingerprint density at radius 1 is 1.31 bits per heavy atom. The quantitative estimate of drug-likeness (QED) is 0.503. The Labute approximate surface area is 161 Å². The van der Waals surface area contributed by atoms with Gasteiger partial charge in [0.25, 0.3) is 11.5 Å². The summed E-state index contributed by atoms with van der Waals surface area (Å²) < 4.78 is 39.6. The lowest BCUT2D eigenvalue weighted by Gasteiger charge is -2.09. The summed E-state index contributed by atoms with van der Waals surface area (Å²) in [5, 5.41) is 13.5. The molecule has 0 fully saturated rings. The van der Waals surface area contributed by atoms with E-state index in [1.807, 2.05) is 0 Å². The summed E-state index contributed by atoms with van der Waals surface area (Å²) in [7, 11) is 0. The molecule has 0 saturated carbocycles. The van der Waals surface area contributed by atoms with Crippen LogP contribution in [0.4, 0.5) is 13.2 Å². The Kier molecular flexibility index (Phi) is 6.24. The molecule has 11 heteroatoms. The number of alkyl halides is 3. The molecular weight excluding hydrogens is 487 g/mol. The van der Waals surface area contributed by atoms with Crippen LogP contribution in [0.15, 0.2) is 49.3 Å². The number of carbonyl (C=O) groups excluding carboxylic acids is 1. The molecule has 0 bridgehead atoms. The van der Waals surface area contributed by atoms with Gasteiger partial charge in [-0.1, -0.05) is 15.9 Å². The first-order valence-corrected chi connectivity index (χ1v) is 8.44. The topological polar surface area (TPSA) is 83.7 Å². The van der Waals surface area contributed by atoms with Crippen molar-refractivity contribution in [3.8, 4) is 5.75 Å². The largest absolute Gasteiger partial charge is 0.506 e. The molecule has 1 aromatic heterocycles. The zero-order valence-corrected chi connectivity index (χ0v) is 15.9. The first kappa shape index (κ1) is 20.2. The number of phenols is 1. The van der Waals surface area contributed by atoms with Gasteiger partial charge in [-0.2, -0.15) is 18.3 Å². The number of aromatic nitrogens is 1. The van der Waals surface area contributed by atoms with E-state index in [0.29, 0.717) is 25.8 Å². The number of amides is 1. The summed E-state index contributed by atoms with van der Waals surface area (Å²) >= 11 is 6.36. The highest BCUT2D eigenvalue weighted by molar-refractivity contribution is 9.11. The van der Waals surface area contributed by atoms with Gasteiger partial charge in [0.2, 0.25) is 0 Å². The number of hydrazone groups is 1. The fraction of sp³-hybridized carbons (Fsp3) is 0.133. The summed E-state index contributed by atoms with van der Waals surface area (Å²) in [6.07, 6.45) is -2.92. The number of aromatic hydroxyl groups is 1. The van der Waals surface area contributed by atoms with E-state index < -0.39 is 29.8 Å². The number of nitrogens with zero attached hydrogens (tertiary/aromatic N) is 2. The normalized spacial score (nSPS) is 11.7. The Bertz CT molecular complexity index is 927. The number of carbonyl (C=O) groups is 1. The molecule has 2 aromatic rings. The zero-order valence-electron chi connectivity index (χ0n) is 12.7. The predicted octanol–water partition coefficient (Wildman–Crippen LogP) is 3.25. The smallest absolute Gasteiger partial charge is 0.417 e. The molecule has 2 N–H and O–H groups in total. The minimum atomic E-state index is -4.63. The van der Waals surface area contributed by atoms with E-state index in [9.17, 15) is 27.9 Å². The monoisotopic (exact) mass is 495 g/mol. The number of hydrogen-bond donors (Lipinski definition) is 2. The molecule has 1 aromatic carbocycles. The molecule has 0 aliphatic heterocycles. The number of pyridine rings is 1. The second kappa shape index (κ2) is 8.04. The molecule has 0 atom stereocenters. The highest BCUT2D eigenvalue weighted by Crippen LogP contribution is 2.30. The molecule has 0 spiro atoms. The average molecular weight is 497 g/mol. The van der Waals surface area contributed by atoms with Gasteiger partial charge in [0.15, 0.2) is 0 Å². The third kappa shape index (κ3) is 5.18. The van der Waals surface area contributed by atoms with E-state index in [0.717, 1.165) is 12.3 Å². The summed E-state index contributed by atoms with van der Waals surface area (Å²) in [6.45, 7) is -0.645. The van der Waals surface area contributed by atoms with Gasteiger partial charge in [0, 0.05) is 22.3 Å². The van der Waals surface area contributed by atoms with E-state index in [-0.39, 0.29) is 11.3 Å². The number of phenolic OH excluding ortho intramolecular Hbond substituents is 1. The van der Waals surface area contributed by atoms with Crippen LogP contribution in [-0.2, 0) is 17.5 Å². The van der Waals surface area contributed by atoms with Gasteiger partial charge < -0.3 is 9.67 Å². The third-order valence-corrected chi connectivity index (χ3v) is 4.14. The van der Waals surface area contributed by atoms with Crippen LogP contribution in [0, 0.1) is 0 Å². The summed E-state index contributed by atoms with van der Waals surface area (Å²) in [4.78, 5) is 23.4. The lowest BCUT2D eigenvalue weighted by molar-refractivity contribution is -0.138. The van der Waals surface area contributed by atoms with Crippen molar-refractivity contribution >= 4 is 44.0 Å². The van der Waals surface area contributed by atoms with Crippen molar-refractivity contribution in [1.82, 2.24) is 9.99 Å². The van der Waals surface area contributed by atoms with Crippen LogP contribution in [-0.4, -0.2) is 21.8 Å². The fourth-order valence-corrected chi connectivity index (χ4v) is 3.13. The van der Waals surface area contributed by atoms with Crippen LogP contribution in [0.3, 0.4) is 0 Å². The van der Waals surface area contributed by atoms with Gasteiger partial charge in [-0.3, -0.25) is 9.59 Å². The first-order chi connectivity index (χ1) is 12.1. The molecule has 138 valence electrons. The van der Waals surface area contributed by atoms with Crippen LogP contribution in [0.25, 0.3) is 0 Å². The van der Waals surface area contributed by atoms with Crippen LogP contribution >= 0.6 is 31.9 Å². The molecule has 6 nitrogen and oxygen atoms in total. The standard InChI is InChI=1S/C15H10Br2F3N3O3/c16-10-3-8(14(26)11(17)4-10)5-21-22-12(24)7-23-6-9(15(18,19)20)1-2-13(23)25/h1-6,26H,7H2,(H,22,24)/b21-5+. The van der Waals surface area contributed by atoms with Gasteiger partial charge in [0.1, 0.15) is 12.3 Å². The summed E-state index contributed by atoms with van der Waals surface area (Å²) in [5.41, 5.74) is 0.557. The Morgan fingerprint density at radius 3 is 2.65 bits per heavy atom. The predicted molar refractivity (Wildman–Crippen MR) is 94.9 cm³/mol. The van der Waals surface area contributed by atoms with E-state index in [1.54, 1.807) is 6.07 Å². The molecule has 1 heterocycles. The van der Waals surface area contributed by atoms with Gasteiger partial charge in [-0.15, -0.1) is 0 Å². The Balaban J connectivity index is 2.09. The molecule has 2 rings (SSSR count). The minimum Gasteiger partial charge on any atom is -0.506 e. The maximum absolute atomic E-state index is 12.7. The summed E-state index contributed by atoms with van der Waals surface area (Å²) in [6, 6.07) is 4.51. The van der Waals surface area contributed by atoms with Crippen LogP contribution in [0.1, 0.15) is 11.1 Å². The number of benzene rings is 1. The van der Waals surface area contributed by atoms with Crippen molar-refractivity contribution in [2.45, 2.75) is 12.7 Å². The van der Waals surface area contributed by atoms with Gasteiger partial charge in [-0.05, 0) is 34.1 Å². The SMILES string of the molecule is O=C(Cn1cc(C(F)(F)F)ccc1=O)N/N=C/c1cc(Br)cc(Br)c1O. The van der Waals surface area contributed by atoms with E-state index in [1.165, 1.54) is 6.07 Å². The molecule has 0 unspecified atom stereocenters. The van der Waals surface area contributed by atoms with Gasteiger partial charge in [0.05, 0.1) is 16.3 Å². The lowest BCUT2D eigenvalue weighted by Crippen LogP contribution is -2.30. The molecule has 26 heavy (non-hydrogen) atoms. The molecule has 0 aliphatic carbocycles. The second-order valence-corrected chi connectivity index (χ2v) is 6.77. The number of rotatable bonds is 4. The highest BCUT2D eigenvalue weighted by atomic mass is 79.9. The van der Waals surface area contributed by atoms with Gasteiger partial charge >= 0.3 is 6.18 Å². The minimum absolute atomic E-state index is 0.111. The van der Waals surface area contributed by atoms with E-state index >= 15 is 0 Å². The Morgan fingerprint density at radius 2 is 2.00 bits per heavy atom. The third-order valence-electron chi connectivity index (χ3n) is 3.08. The van der Waals surface area contributed by atoms with Crippen molar-refractivity contribution in [2.75, 3.05) is 0 Å². The van der Waals surface area contributed by atoms with Crippen molar-refractivity contribution in [3.63, 3.8) is 0 Å².